The average Bonchev–Trinajstić information content (AvgIpc) is 3.55. The van der Waals surface area contributed by atoms with E-state index < -0.39 is 0 Å². The number of ketones is 3. The fourth-order valence-electron chi connectivity index (χ4n) is 3.05. The van der Waals surface area contributed by atoms with Crippen molar-refractivity contribution in [2.75, 3.05) is 39.3 Å². The quantitative estimate of drug-likeness (QED) is 0.440. The summed E-state index contributed by atoms with van der Waals surface area (Å²) in [4.78, 5) is 41.0. The molecule has 6 nitrogen and oxygen atoms in total. The van der Waals surface area contributed by atoms with Crippen LogP contribution in [0.2, 0.25) is 0 Å². The average molecular weight is 377 g/mol. The third kappa shape index (κ3) is 4.22. The summed E-state index contributed by atoms with van der Waals surface area (Å²) in [5, 5.41) is 0. The van der Waals surface area contributed by atoms with E-state index in [0.717, 1.165) is 44.8 Å². The maximum Gasteiger partial charge on any atom is 0.227 e. The van der Waals surface area contributed by atoms with Crippen LogP contribution in [0.15, 0.2) is 59.6 Å². The van der Waals surface area contributed by atoms with Crippen LogP contribution in [0.5, 0.6) is 0 Å². The largest absolute Gasteiger partial charge is 0.365 e. The Bertz CT molecular complexity index is 902. The summed E-state index contributed by atoms with van der Waals surface area (Å²) in [6.45, 7) is 6.95. The third-order valence-corrected chi connectivity index (χ3v) is 4.80. The van der Waals surface area contributed by atoms with E-state index in [-0.39, 0.29) is 17.3 Å². The lowest BCUT2D eigenvalue weighted by Crippen LogP contribution is -2.29. The van der Waals surface area contributed by atoms with Crippen LogP contribution in [0.3, 0.4) is 0 Å². The van der Waals surface area contributed by atoms with Crippen LogP contribution in [-0.2, 0) is 14.4 Å². The zero-order chi connectivity index (χ0) is 19.7. The monoisotopic (exact) mass is 377 g/mol. The van der Waals surface area contributed by atoms with Crippen LogP contribution < -0.4 is 0 Å². The van der Waals surface area contributed by atoms with Gasteiger partial charge in [-0.25, -0.2) is 0 Å². The normalized spacial score (nSPS) is 20.2. The van der Waals surface area contributed by atoms with E-state index in [2.05, 4.69) is 0 Å². The second-order valence-corrected chi connectivity index (χ2v) is 7.24. The van der Waals surface area contributed by atoms with Gasteiger partial charge in [-0.15, -0.1) is 0 Å². The molecule has 0 spiro atoms. The van der Waals surface area contributed by atoms with Crippen LogP contribution in [0.25, 0.3) is 6.08 Å². The van der Waals surface area contributed by atoms with Crippen LogP contribution in [0, 0.1) is 0 Å². The zero-order valence-electron chi connectivity index (χ0n) is 15.9. The fourth-order valence-corrected chi connectivity index (χ4v) is 3.05. The number of rotatable bonds is 5. The molecule has 0 unspecified atom stereocenters. The Hall–Kier alpha value is -3.15. The lowest BCUT2D eigenvalue weighted by molar-refractivity contribution is -0.117. The van der Waals surface area contributed by atoms with E-state index in [9.17, 15) is 14.4 Å². The van der Waals surface area contributed by atoms with Gasteiger partial charge < -0.3 is 14.7 Å². The van der Waals surface area contributed by atoms with Gasteiger partial charge in [0.2, 0.25) is 11.6 Å². The first-order valence-corrected chi connectivity index (χ1v) is 9.58. The molecule has 3 saturated heterocycles. The predicted octanol–water partition coefficient (Wildman–Crippen LogP) is 1.47. The predicted molar refractivity (Wildman–Crippen MR) is 106 cm³/mol. The number of carbonyl (C=O) groups excluding carboxylic acids is 3. The first kappa shape index (κ1) is 18.2. The lowest BCUT2D eigenvalue weighted by atomic mass is 10.0. The van der Waals surface area contributed by atoms with Gasteiger partial charge in [0.25, 0.3) is 0 Å². The Kier molecular flexibility index (Phi) is 4.86. The molecule has 3 aliphatic heterocycles. The van der Waals surface area contributed by atoms with Gasteiger partial charge in [0, 0.05) is 45.3 Å². The molecule has 0 aromatic heterocycles. The van der Waals surface area contributed by atoms with Crippen molar-refractivity contribution < 1.29 is 14.4 Å². The minimum absolute atomic E-state index is 0.00546. The van der Waals surface area contributed by atoms with Gasteiger partial charge >= 0.3 is 0 Å². The smallest absolute Gasteiger partial charge is 0.227 e. The van der Waals surface area contributed by atoms with Crippen LogP contribution in [-0.4, -0.2) is 71.3 Å². The third-order valence-electron chi connectivity index (χ3n) is 4.80. The molecule has 1 aromatic carbocycles. The number of nitrogens with zero attached hydrogens (tertiary/aromatic N) is 3. The molecule has 28 heavy (non-hydrogen) atoms. The number of carbonyl (C=O) groups is 3. The summed E-state index contributed by atoms with van der Waals surface area (Å²) in [7, 11) is 0. The van der Waals surface area contributed by atoms with Crippen LogP contribution in [0.1, 0.15) is 12.5 Å². The maximum absolute atomic E-state index is 12.4. The van der Waals surface area contributed by atoms with E-state index in [1.165, 1.54) is 6.08 Å². The molecule has 4 aliphatic rings. The van der Waals surface area contributed by atoms with Crippen molar-refractivity contribution >= 4 is 23.4 Å². The van der Waals surface area contributed by atoms with E-state index in [0.29, 0.717) is 17.1 Å². The summed E-state index contributed by atoms with van der Waals surface area (Å²) in [5.74, 6) is 0.126. The highest BCUT2D eigenvalue weighted by atomic mass is 16.1. The molecule has 1 aliphatic carbocycles. The molecule has 3 heterocycles. The summed E-state index contributed by atoms with van der Waals surface area (Å²) in [6, 6.07) is 9.75. The molecular formula is C22H23N3O3. The van der Waals surface area contributed by atoms with Gasteiger partial charge in [-0.3, -0.25) is 14.4 Å². The molecule has 0 radical (unpaired) electrons. The molecule has 6 heteroatoms. The van der Waals surface area contributed by atoms with E-state index in [1.54, 1.807) is 13.0 Å². The SMILES string of the molecule is CC(=O)/C=C/c1ccccc1.O=C1C=C(N2CC2)C(=O)C(N2CC2)=C1N1CC1. The van der Waals surface area contributed by atoms with Gasteiger partial charge in [-0.05, 0) is 18.6 Å². The molecular weight excluding hydrogens is 354 g/mol. The number of hydrogen-bond acceptors (Lipinski definition) is 6. The topological polar surface area (TPSA) is 60.2 Å². The standard InChI is InChI=1S/C12H13N3O2.C10H10O/c16-9-7-8(13-1-2-13)12(17)11(15-5-6-15)10(9)14-3-4-14;1-9(11)7-8-10-5-3-2-4-6-10/h7H,1-6H2;2-8H,1H3/b;8-7+. The van der Waals surface area contributed by atoms with Gasteiger partial charge in [0.05, 0.1) is 5.70 Å². The van der Waals surface area contributed by atoms with Crippen molar-refractivity contribution in [1.29, 1.82) is 0 Å². The number of allylic oxidation sites excluding steroid dienone is 2. The Morgan fingerprint density at radius 2 is 1.43 bits per heavy atom. The minimum atomic E-state index is 0.00546. The highest BCUT2D eigenvalue weighted by molar-refractivity contribution is 6.22. The van der Waals surface area contributed by atoms with E-state index in [1.807, 2.05) is 51.1 Å². The van der Waals surface area contributed by atoms with E-state index in [4.69, 9.17) is 0 Å². The molecule has 3 fully saturated rings. The molecule has 0 bridgehead atoms. The highest BCUT2D eigenvalue weighted by Gasteiger charge is 2.43. The Balaban J connectivity index is 0.000000153. The summed E-state index contributed by atoms with van der Waals surface area (Å²) >= 11 is 0. The summed E-state index contributed by atoms with van der Waals surface area (Å²) in [6.07, 6.45) is 4.90. The van der Waals surface area contributed by atoms with Gasteiger partial charge in [-0.2, -0.15) is 0 Å². The Labute approximate surface area is 164 Å². The first-order valence-electron chi connectivity index (χ1n) is 9.58. The fraction of sp³-hybridized carbons (Fsp3) is 0.318. The molecule has 0 saturated carbocycles. The molecule has 5 rings (SSSR count). The molecule has 0 atom stereocenters. The van der Waals surface area contributed by atoms with Crippen molar-refractivity contribution in [2.45, 2.75) is 6.92 Å². The minimum Gasteiger partial charge on any atom is -0.365 e. The van der Waals surface area contributed by atoms with Crippen LogP contribution >= 0.6 is 0 Å². The highest BCUT2D eigenvalue weighted by Crippen LogP contribution is 2.33. The van der Waals surface area contributed by atoms with Crippen molar-refractivity contribution in [1.82, 2.24) is 14.7 Å². The molecule has 144 valence electrons. The zero-order valence-corrected chi connectivity index (χ0v) is 15.9. The van der Waals surface area contributed by atoms with Crippen molar-refractivity contribution in [3.05, 3.63) is 65.1 Å². The Morgan fingerprint density at radius 1 is 0.857 bits per heavy atom. The first-order chi connectivity index (χ1) is 13.5. The Morgan fingerprint density at radius 3 is 1.96 bits per heavy atom. The maximum atomic E-state index is 12.4. The van der Waals surface area contributed by atoms with Gasteiger partial charge in [0.1, 0.15) is 11.4 Å². The molecule has 0 N–H and O–H groups in total. The van der Waals surface area contributed by atoms with E-state index >= 15 is 0 Å². The second kappa shape index (κ2) is 7.46. The lowest BCUT2D eigenvalue weighted by Gasteiger charge is -2.21. The number of Topliss-reactive ketones (excluding diaryl/α,β-unsaturated/α-hetero) is 1. The number of hydrogen-bond donors (Lipinski definition) is 0. The second-order valence-electron chi connectivity index (χ2n) is 7.24. The van der Waals surface area contributed by atoms with Crippen LogP contribution in [0.4, 0.5) is 0 Å². The van der Waals surface area contributed by atoms with Crippen molar-refractivity contribution in [3.8, 4) is 0 Å². The summed E-state index contributed by atoms with van der Waals surface area (Å²) in [5.41, 5.74) is 2.94. The van der Waals surface area contributed by atoms with Crippen molar-refractivity contribution in [2.24, 2.45) is 0 Å². The summed E-state index contributed by atoms with van der Waals surface area (Å²) < 4.78 is 0. The van der Waals surface area contributed by atoms with Gasteiger partial charge in [0.15, 0.2) is 5.78 Å². The van der Waals surface area contributed by atoms with Crippen molar-refractivity contribution in [3.63, 3.8) is 0 Å². The molecule has 1 aromatic rings. The number of benzene rings is 1. The molecule has 0 amide bonds. The van der Waals surface area contributed by atoms with Gasteiger partial charge in [-0.1, -0.05) is 36.4 Å².